The highest BCUT2D eigenvalue weighted by molar-refractivity contribution is 6.08. The lowest BCUT2D eigenvalue weighted by Crippen LogP contribution is -2.36. The lowest BCUT2D eigenvalue weighted by Gasteiger charge is -2.35. The number of nitrogens with zero attached hydrogens (tertiary/aromatic N) is 2. The van der Waals surface area contributed by atoms with Gasteiger partial charge in [0.1, 0.15) is 17.3 Å². The van der Waals surface area contributed by atoms with Crippen LogP contribution in [0.25, 0.3) is 0 Å². The van der Waals surface area contributed by atoms with Gasteiger partial charge in [-0.25, -0.2) is 4.39 Å². The number of hydrogen-bond acceptors (Lipinski definition) is 7. The van der Waals surface area contributed by atoms with E-state index in [1.807, 2.05) is 25.1 Å². The van der Waals surface area contributed by atoms with Crippen molar-refractivity contribution in [3.63, 3.8) is 0 Å². The molecule has 1 aromatic carbocycles. The van der Waals surface area contributed by atoms with E-state index < -0.39 is 5.83 Å². The van der Waals surface area contributed by atoms with Crippen molar-refractivity contribution in [3.8, 4) is 5.75 Å². The molecule has 0 bridgehead atoms. The van der Waals surface area contributed by atoms with E-state index in [-0.39, 0.29) is 54.2 Å². The van der Waals surface area contributed by atoms with Crippen molar-refractivity contribution in [3.05, 3.63) is 57.8 Å². The van der Waals surface area contributed by atoms with Crippen LogP contribution in [0.2, 0.25) is 0 Å². The number of benzene rings is 1. The van der Waals surface area contributed by atoms with Crippen LogP contribution in [0.4, 0.5) is 10.1 Å². The molecule has 1 aromatic rings. The maximum absolute atomic E-state index is 15.9. The second-order valence-corrected chi connectivity index (χ2v) is 11.8. The lowest BCUT2D eigenvalue weighted by molar-refractivity contribution is 0.0967. The number of anilines is 1. The number of rotatable bonds is 10. The number of ketones is 1. The molecule has 2 saturated heterocycles. The zero-order valence-electron chi connectivity index (χ0n) is 25.2. The summed E-state index contributed by atoms with van der Waals surface area (Å²) in [5, 5.41) is 18.9. The second-order valence-electron chi connectivity index (χ2n) is 11.8. The Hall–Kier alpha value is -3.33. The minimum absolute atomic E-state index is 0.0363. The molecule has 4 rings (SSSR count). The van der Waals surface area contributed by atoms with Gasteiger partial charge in [0.05, 0.1) is 44.2 Å². The third kappa shape index (κ3) is 6.45. The van der Waals surface area contributed by atoms with Crippen LogP contribution in [0.1, 0.15) is 76.2 Å². The molecule has 1 aliphatic carbocycles. The summed E-state index contributed by atoms with van der Waals surface area (Å²) in [7, 11) is 1.64. The summed E-state index contributed by atoms with van der Waals surface area (Å²) in [5.41, 5.74) is 2.79. The SMILES string of the molecule is CCCOC1=C(OCC)C(F)=C2C(=N)N(CC(=O)c3cc(N4CCC(O)CC4)c(OC)c(C(C)(C)C)c3)CC2=CC1. The zero-order valence-corrected chi connectivity index (χ0v) is 25.2. The van der Waals surface area contributed by atoms with Gasteiger partial charge in [-0.05, 0) is 49.3 Å². The number of ether oxygens (including phenoxy) is 3. The first-order chi connectivity index (χ1) is 19.5. The van der Waals surface area contributed by atoms with Gasteiger partial charge in [-0.1, -0.05) is 33.8 Å². The Morgan fingerprint density at radius 3 is 2.49 bits per heavy atom. The quantitative estimate of drug-likeness (QED) is 0.351. The number of allylic oxidation sites excluding steroid dienone is 2. The first-order valence-electron chi connectivity index (χ1n) is 14.6. The molecular formula is C32H44FN3O5. The molecule has 9 heteroatoms. The summed E-state index contributed by atoms with van der Waals surface area (Å²) >= 11 is 0. The standard InChI is InChI=1S/C32H44FN3O5/c1-7-15-41-26-10-9-20-18-36(31(34)27(20)28(33)30(26)40-8-2)19-25(38)21-16-23(32(3,4)5)29(39-6)24(17-21)35-13-11-22(37)12-14-35/h9,16-17,22,34,37H,7-8,10-15,18-19H2,1-6H3. The van der Waals surface area contributed by atoms with Gasteiger partial charge in [0.15, 0.2) is 17.4 Å². The summed E-state index contributed by atoms with van der Waals surface area (Å²) < 4.78 is 33.2. The predicted molar refractivity (Wildman–Crippen MR) is 159 cm³/mol. The molecule has 0 atom stereocenters. The van der Waals surface area contributed by atoms with E-state index in [0.29, 0.717) is 55.9 Å². The molecule has 2 fully saturated rings. The van der Waals surface area contributed by atoms with Crippen molar-refractivity contribution in [1.29, 1.82) is 5.41 Å². The first-order valence-corrected chi connectivity index (χ1v) is 14.6. The van der Waals surface area contributed by atoms with E-state index in [1.54, 1.807) is 18.9 Å². The van der Waals surface area contributed by atoms with Crippen LogP contribution in [0, 0.1) is 5.41 Å². The number of aliphatic hydroxyl groups is 1. The van der Waals surface area contributed by atoms with Crippen molar-refractivity contribution >= 4 is 17.3 Å². The van der Waals surface area contributed by atoms with Crippen LogP contribution in [0.15, 0.2) is 46.7 Å². The van der Waals surface area contributed by atoms with Crippen molar-refractivity contribution in [2.45, 2.75) is 71.8 Å². The van der Waals surface area contributed by atoms with Crippen LogP contribution in [0.5, 0.6) is 5.75 Å². The summed E-state index contributed by atoms with van der Waals surface area (Å²) in [6.07, 6.45) is 3.99. The summed E-state index contributed by atoms with van der Waals surface area (Å²) in [6, 6.07) is 3.74. The topological polar surface area (TPSA) is 95.3 Å². The van der Waals surface area contributed by atoms with Crippen molar-refractivity contribution in [2.24, 2.45) is 0 Å². The number of halogens is 1. The third-order valence-corrected chi connectivity index (χ3v) is 7.75. The minimum Gasteiger partial charge on any atom is -0.494 e. The van der Waals surface area contributed by atoms with E-state index in [4.69, 9.17) is 19.6 Å². The molecule has 2 N–H and O–H groups in total. The number of carbonyl (C=O) groups is 1. The second kappa shape index (κ2) is 12.7. The van der Waals surface area contributed by atoms with Crippen LogP contribution in [-0.4, -0.2) is 74.2 Å². The molecule has 0 unspecified atom stereocenters. The number of likely N-dealkylation sites (tertiary alicyclic amines) is 1. The fraction of sp³-hybridized carbons (Fsp3) is 0.562. The van der Waals surface area contributed by atoms with Gasteiger partial charge in [-0.15, -0.1) is 0 Å². The van der Waals surface area contributed by atoms with E-state index >= 15 is 4.39 Å². The fourth-order valence-corrected chi connectivity index (χ4v) is 5.56. The molecule has 3 aliphatic rings. The molecule has 0 aromatic heterocycles. The fourth-order valence-electron chi connectivity index (χ4n) is 5.56. The van der Waals surface area contributed by atoms with Crippen LogP contribution in [-0.2, 0) is 14.9 Å². The molecule has 2 aliphatic heterocycles. The highest BCUT2D eigenvalue weighted by Gasteiger charge is 2.36. The Morgan fingerprint density at radius 1 is 1.17 bits per heavy atom. The number of carbonyl (C=O) groups excluding carboxylic acids is 1. The monoisotopic (exact) mass is 569 g/mol. The van der Waals surface area contributed by atoms with Gasteiger partial charge in [0, 0.05) is 37.2 Å². The number of fused-ring (bicyclic) bond motifs is 1. The Bertz CT molecular complexity index is 1270. The number of amidine groups is 1. The smallest absolute Gasteiger partial charge is 0.193 e. The maximum atomic E-state index is 15.9. The Morgan fingerprint density at radius 2 is 1.88 bits per heavy atom. The zero-order chi connectivity index (χ0) is 29.9. The minimum atomic E-state index is -0.615. The molecule has 2 heterocycles. The number of nitrogens with one attached hydrogen (secondary N) is 1. The van der Waals surface area contributed by atoms with E-state index in [0.717, 1.165) is 23.4 Å². The number of methoxy groups -OCH3 is 1. The molecule has 224 valence electrons. The molecule has 41 heavy (non-hydrogen) atoms. The molecule has 0 radical (unpaired) electrons. The van der Waals surface area contributed by atoms with Crippen molar-refractivity contribution in [2.75, 3.05) is 51.4 Å². The molecule has 0 saturated carbocycles. The first kappa shape index (κ1) is 30.6. The molecule has 0 spiro atoms. The van der Waals surface area contributed by atoms with Crippen molar-refractivity contribution < 1.29 is 28.5 Å². The van der Waals surface area contributed by atoms with Crippen molar-refractivity contribution in [1.82, 2.24) is 4.90 Å². The maximum Gasteiger partial charge on any atom is 0.193 e. The van der Waals surface area contributed by atoms with Crippen LogP contribution >= 0.6 is 0 Å². The summed E-state index contributed by atoms with van der Waals surface area (Å²) in [6.45, 7) is 12.3. The van der Waals surface area contributed by atoms with Crippen LogP contribution in [0.3, 0.4) is 0 Å². The van der Waals surface area contributed by atoms with Gasteiger partial charge in [0.2, 0.25) is 0 Å². The summed E-state index contributed by atoms with van der Waals surface area (Å²) in [5.74, 6) is 0.395. The highest BCUT2D eigenvalue weighted by atomic mass is 19.1. The van der Waals surface area contributed by atoms with Gasteiger partial charge >= 0.3 is 0 Å². The Balaban J connectivity index is 1.65. The average Bonchev–Trinajstić information content (AvgIpc) is 3.18. The molecular weight excluding hydrogens is 525 g/mol. The normalized spacial score (nSPS) is 18.4. The van der Waals surface area contributed by atoms with Gasteiger partial charge in [-0.2, -0.15) is 0 Å². The number of piperidine rings is 1. The van der Waals surface area contributed by atoms with E-state index in [1.165, 1.54) is 0 Å². The van der Waals surface area contributed by atoms with Gasteiger partial charge in [0.25, 0.3) is 0 Å². The third-order valence-electron chi connectivity index (χ3n) is 7.75. The average molecular weight is 570 g/mol. The Labute approximate surface area is 243 Å². The van der Waals surface area contributed by atoms with Gasteiger partial charge < -0.3 is 29.1 Å². The highest BCUT2D eigenvalue weighted by Crippen LogP contribution is 2.42. The van der Waals surface area contributed by atoms with Gasteiger partial charge in [-0.3, -0.25) is 10.2 Å². The number of hydrogen-bond donors (Lipinski definition) is 2. The molecule has 0 amide bonds. The predicted octanol–water partition coefficient (Wildman–Crippen LogP) is 5.66. The largest absolute Gasteiger partial charge is 0.494 e. The molecule has 8 nitrogen and oxygen atoms in total. The summed E-state index contributed by atoms with van der Waals surface area (Å²) in [4.78, 5) is 17.6. The number of Topliss-reactive ketones (excluding diaryl/α,β-unsaturated/α-hetero) is 1. The number of aliphatic hydroxyl groups excluding tert-OH is 1. The van der Waals surface area contributed by atoms with E-state index in [2.05, 4.69) is 25.7 Å². The Kier molecular flexibility index (Phi) is 9.47. The van der Waals surface area contributed by atoms with Crippen LogP contribution < -0.4 is 9.64 Å². The van der Waals surface area contributed by atoms with E-state index in [9.17, 15) is 9.90 Å². The lowest BCUT2D eigenvalue weighted by atomic mass is 9.84.